The molecule has 1 rings (SSSR count). The van der Waals surface area contributed by atoms with Gasteiger partial charge in [-0.25, -0.2) is 0 Å². The molecule has 8 heavy (non-hydrogen) atoms. The zero-order chi connectivity index (χ0) is 5.11. The molecule has 0 heterocycles. The Morgan fingerprint density at radius 2 is 2.25 bits per heavy atom. The van der Waals surface area contributed by atoms with Crippen LogP contribution in [0.15, 0.2) is 12.2 Å². The van der Waals surface area contributed by atoms with E-state index in [1.165, 1.54) is 0 Å². The molecule has 1 aliphatic carbocycles. The van der Waals surface area contributed by atoms with Crippen LogP contribution in [0.2, 0.25) is 0 Å². The van der Waals surface area contributed by atoms with Crippen LogP contribution in [0.5, 0.6) is 0 Å². The predicted molar refractivity (Wildman–Crippen MR) is 35.1 cm³/mol. The van der Waals surface area contributed by atoms with Gasteiger partial charge in [0, 0.05) is 6.42 Å². The summed E-state index contributed by atoms with van der Waals surface area (Å²) in [5, 5.41) is 0. The fraction of sp³-hybridized carbons (Fsp3) is 0.500. The topological polar surface area (TPSA) is 17.1 Å². The van der Waals surface area contributed by atoms with Crippen LogP contribution in [-0.2, 0) is 4.79 Å². The Morgan fingerprint density at radius 3 is 2.50 bits per heavy atom. The van der Waals surface area contributed by atoms with Gasteiger partial charge in [0.05, 0.1) is 0 Å². The first-order valence-corrected chi connectivity index (χ1v) is 2.59. The van der Waals surface area contributed by atoms with Crippen molar-refractivity contribution in [1.82, 2.24) is 0 Å². The third-order valence-electron chi connectivity index (χ3n) is 1.10. The van der Waals surface area contributed by atoms with Crippen molar-refractivity contribution in [3.8, 4) is 0 Å². The van der Waals surface area contributed by atoms with E-state index in [0.717, 1.165) is 19.3 Å². The van der Waals surface area contributed by atoms with Crippen molar-refractivity contribution in [2.24, 2.45) is 0 Å². The monoisotopic (exact) mass is 104 g/mol. The van der Waals surface area contributed by atoms with Crippen molar-refractivity contribution in [3.05, 3.63) is 12.2 Å². The van der Waals surface area contributed by atoms with Crippen molar-refractivity contribution in [2.45, 2.75) is 19.3 Å². The maximum absolute atomic E-state index is 10.4. The Labute approximate surface area is 61.3 Å². The van der Waals surface area contributed by atoms with Crippen LogP contribution in [-0.4, -0.2) is 24.6 Å². The predicted octanol–water partition coefficient (Wildman–Crippen LogP) is 0.647. The van der Waals surface area contributed by atoms with Gasteiger partial charge >= 0.3 is 18.9 Å². The quantitative estimate of drug-likeness (QED) is 0.412. The van der Waals surface area contributed by atoms with Gasteiger partial charge in [-0.15, -0.1) is 0 Å². The van der Waals surface area contributed by atoms with Crippen molar-refractivity contribution in [1.29, 1.82) is 0 Å². The van der Waals surface area contributed by atoms with Crippen LogP contribution < -0.4 is 0 Å². The molecule has 1 nitrogen and oxygen atoms in total. The summed E-state index contributed by atoms with van der Waals surface area (Å²) in [6.45, 7) is 0. The molecule has 0 spiro atoms. The van der Waals surface area contributed by atoms with Gasteiger partial charge in [-0.1, -0.05) is 6.08 Å². The first-order valence-electron chi connectivity index (χ1n) is 2.59. The number of hydrogen-bond acceptors (Lipinski definition) is 1. The van der Waals surface area contributed by atoms with Crippen molar-refractivity contribution >= 4 is 24.6 Å². The molecule has 40 valence electrons. The SMILES string of the molecule is O=C1C=CCCC1.[LiH]. The first-order chi connectivity index (χ1) is 3.39. The number of carbonyl (C=O) groups is 1. The summed E-state index contributed by atoms with van der Waals surface area (Å²) in [7, 11) is 0. The van der Waals surface area contributed by atoms with Crippen LogP contribution in [0.4, 0.5) is 0 Å². The van der Waals surface area contributed by atoms with Gasteiger partial charge in [0.2, 0.25) is 0 Å². The van der Waals surface area contributed by atoms with Crippen LogP contribution in [0.25, 0.3) is 0 Å². The summed E-state index contributed by atoms with van der Waals surface area (Å²) >= 11 is 0. The average molecular weight is 104 g/mol. The van der Waals surface area contributed by atoms with E-state index in [0.29, 0.717) is 0 Å². The molecular weight excluding hydrogens is 95.0 g/mol. The van der Waals surface area contributed by atoms with Crippen LogP contribution in [0, 0.1) is 0 Å². The Bertz CT molecular complexity index is 107. The number of hydrogen-bond donors (Lipinski definition) is 0. The molecule has 2 heteroatoms. The number of rotatable bonds is 0. The van der Waals surface area contributed by atoms with Gasteiger partial charge < -0.3 is 0 Å². The Balaban J connectivity index is 0.000000490. The zero-order valence-corrected chi connectivity index (χ0v) is 4.18. The molecule has 0 atom stereocenters. The third-order valence-corrected chi connectivity index (χ3v) is 1.10. The van der Waals surface area contributed by atoms with E-state index in [4.69, 9.17) is 0 Å². The van der Waals surface area contributed by atoms with Gasteiger partial charge in [-0.05, 0) is 18.9 Å². The molecule has 0 aromatic rings. The minimum absolute atomic E-state index is 0. The van der Waals surface area contributed by atoms with Gasteiger partial charge in [0.25, 0.3) is 0 Å². The molecule has 0 saturated heterocycles. The summed E-state index contributed by atoms with van der Waals surface area (Å²) < 4.78 is 0. The van der Waals surface area contributed by atoms with E-state index in [-0.39, 0.29) is 24.6 Å². The van der Waals surface area contributed by atoms with Crippen LogP contribution in [0.3, 0.4) is 0 Å². The van der Waals surface area contributed by atoms with Crippen LogP contribution >= 0.6 is 0 Å². The molecule has 0 unspecified atom stereocenters. The average Bonchev–Trinajstić information content (AvgIpc) is 1.69. The molecule has 0 bridgehead atoms. The van der Waals surface area contributed by atoms with E-state index >= 15 is 0 Å². The Hall–Kier alpha value is 0.00740. The number of ketones is 1. The van der Waals surface area contributed by atoms with Crippen molar-refractivity contribution in [3.63, 3.8) is 0 Å². The standard InChI is InChI=1S/C6H8O.Li.H/c7-6-4-2-1-3-5-6;;/h2,4H,1,3,5H2;;. The zero-order valence-electron chi connectivity index (χ0n) is 4.18. The Morgan fingerprint density at radius 1 is 1.50 bits per heavy atom. The fourth-order valence-electron chi connectivity index (χ4n) is 0.692. The van der Waals surface area contributed by atoms with Crippen molar-refractivity contribution in [2.75, 3.05) is 0 Å². The number of allylic oxidation sites excluding steroid dienone is 2. The molecular formula is C6H9LiO. The summed E-state index contributed by atoms with van der Waals surface area (Å²) in [5.41, 5.74) is 0. The van der Waals surface area contributed by atoms with E-state index in [2.05, 4.69) is 0 Å². The summed E-state index contributed by atoms with van der Waals surface area (Å²) in [6.07, 6.45) is 6.51. The molecule has 0 radical (unpaired) electrons. The molecule has 0 fully saturated rings. The molecule has 0 aromatic heterocycles. The molecule has 0 saturated carbocycles. The van der Waals surface area contributed by atoms with Gasteiger partial charge in [-0.2, -0.15) is 0 Å². The molecule has 0 N–H and O–H groups in total. The van der Waals surface area contributed by atoms with E-state index in [9.17, 15) is 4.79 Å². The first kappa shape index (κ1) is 8.01. The van der Waals surface area contributed by atoms with Gasteiger partial charge in [0.1, 0.15) is 0 Å². The second kappa shape index (κ2) is 3.94. The van der Waals surface area contributed by atoms with Crippen molar-refractivity contribution < 1.29 is 4.79 Å². The fourth-order valence-corrected chi connectivity index (χ4v) is 0.692. The molecule has 0 aliphatic heterocycles. The molecule has 1 aliphatic rings. The second-order valence-corrected chi connectivity index (χ2v) is 1.76. The summed E-state index contributed by atoms with van der Waals surface area (Å²) in [4.78, 5) is 10.4. The summed E-state index contributed by atoms with van der Waals surface area (Å²) in [6, 6.07) is 0. The minimum atomic E-state index is 0. The molecule has 0 aromatic carbocycles. The molecule has 0 amide bonds. The maximum atomic E-state index is 10.4. The number of carbonyl (C=O) groups excluding carboxylic acids is 1. The van der Waals surface area contributed by atoms with E-state index in [1.807, 2.05) is 6.08 Å². The Kier molecular flexibility index (Phi) is 3.95. The van der Waals surface area contributed by atoms with E-state index in [1.54, 1.807) is 6.08 Å². The summed E-state index contributed by atoms with van der Waals surface area (Å²) in [5.74, 6) is 0.284. The third kappa shape index (κ3) is 2.35. The second-order valence-electron chi connectivity index (χ2n) is 1.76. The van der Waals surface area contributed by atoms with E-state index < -0.39 is 0 Å². The normalized spacial score (nSPS) is 17.8. The van der Waals surface area contributed by atoms with Gasteiger partial charge in [0.15, 0.2) is 5.78 Å². The van der Waals surface area contributed by atoms with Crippen LogP contribution in [0.1, 0.15) is 19.3 Å². The van der Waals surface area contributed by atoms with Gasteiger partial charge in [-0.3, -0.25) is 4.79 Å².